The third-order valence-corrected chi connectivity index (χ3v) is 2.42. The zero-order chi connectivity index (χ0) is 13.7. The molecule has 0 aromatic heterocycles. The molecule has 0 atom stereocenters. The SMILES string of the molecule is C=CCN(CC(=O)O)c1cc([N+](=O)[O-])ccc1C. The summed E-state index contributed by atoms with van der Waals surface area (Å²) in [5.41, 5.74) is 1.25. The Morgan fingerprint density at radius 1 is 1.61 bits per heavy atom. The van der Waals surface area contributed by atoms with E-state index in [0.717, 1.165) is 5.56 Å². The molecule has 1 N–H and O–H groups in total. The van der Waals surface area contributed by atoms with Crippen molar-refractivity contribution in [3.63, 3.8) is 0 Å². The van der Waals surface area contributed by atoms with Gasteiger partial charge < -0.3 is 10.0 Å². The van der Waals surface area contributed by atoms with Gasteiger partial charge in [-0.25, -0.2) is 0 Å². The lowest BCUT2D eigenvalue weighted by Gasteiger charge is -2.22. The molecule has 0 spiro atoms. The predicted molar refractivity (Wildman–Crippen MR) is 67.9 cm³/mol. The number of carboxylic acid groups (broad SMARTS) is 1. The van der Waals surface area contributed by atoms with Crippen molar-refractivity contribution in [3.05, 3.63) is 46.5 Å². The van der Waals surface area contributed by atoms with Crippen LogP contribution in [0.25, 0.3) is 0 Å². The van der Waals surface area contributed by atoms with Crippen molar-refractivity contribution in [3.8, 4) is 0 Å². The van der Waals surface area contributed by atoms with Gasteiger partial charge in [0.05, 0.1) is 4.92 Å². The van der Waals surface area contributed by atoms with E-state index in [9.17, 15) is 14.9 Å². The fourth-order valence-electron chi connectivity index (χ4n) is 1.62. The number of carbonyl (C=O) groups is 1. The van der Waals surface area contributed by atoms with Gasteiger partial charge >= 0.3 is 5.97 Å². The number of aryl methyl sites for hydroxylation is 1. The van der Waals surface area contributed by atoms with Crippen LogP contribution in [-0.2, 0) is 4.79 Å². The van der Waals surface area contributed by atoms with Gasteiger partial charge in [-0.05, 0) is 12.5 Å². The lowest BCUT2D eigenvalue weighted by Crippen LogP contribution is -2.30. The molecule has 1 rings (SSSR count). The van der Waals surface area contributed by atoms with E-state index in [1.165, 1.54) is 17.0 Å². The molecule has 0 aliphatic rings. The number of rotatable bonds is 6. The molecule has 1 aromatic rings. The van der Waals surface area contributed by atoms with Gasteiger partial charge in [0.1, 0.15) is 6.54 Å². The highest BCUT2D eigenvalue weighted by molar-refractivity contribution is 5.75. The maximum atomic E-state index is 10.8. The van der Waals surface area contributed by atoms with E-state index < -0.39 is 10.9 Å². The van der Waals surface area contributed by atoms with Crippen LogP contribution < -0.4 is 4.90 Å². The van der Waals surface area contributed by atoms with Crippen molar-refractivity contribution >= 4 is 17.3 Å². The van der Waals surface area contributed by atoms with Crippen LogP contribution >= 0.6 is 0 Å². The maximum Gasteiger partial charge on any atom is 0.323 e. The van der Waals surface area contributed by atoms with Crippen LogP contribution in [0.5, 0.6) is 0 Å². The Morgan fingerprint density at radius 2 is 2.28 bits per heavy atom. The molecule has 1 aromatic carbocycles. The second-order valence-corrected chi connectivity index (χ2v) is 3.79. The third kappa shape index (κ3) is 3.31. The summed E-state index contributed by atoms with van der Waals surface area (Å²) >= 11 is 0. The van der Waals surface area contributed by atoms with E-state index in [-0.39, 0.29) is 12.2 Å². The first-order valence-electron chi connectivity index (χ1n) is 5.28. The van der Waals surface area contributed by atoms with Crippen LogP contribution in [0.4, 0.5) is 11.4 Å². The fraction of sp³-hybridized carbons (Fsp3) is 0.250. The number of hydrogen-bond donors (Lipinski definition) is 1. The van der Waals surface area contributed by atoms with Gasteiger partial charge in [0.15, 0.2) is 0 Å². The summed E-state index contributed by atoms with van der Waals surface area (Å²) in [6.45, 7) is 5.41. The predicted octanol–water partition coefficient (Wildman–Crippen LogP) is 1.98. The van der Waals surface area contributed by atoms with E-state index in [0.29, 0.717) is 12.2 Å². The number of carboxylic acids is 1. The quantitative estimate of drug-likeness (QED) is 0.474. The average Bonchev–Trinajstić information content (AvgIpc) is 2.28. The molecule has 96 valence electrons. The summed E-state index contributed by atoms with van der Waals surface area (Å²) in [5, 5.41) is 19.5. The second kappa shape index (κ2) is 5.81. The van der Waals surface area contributed by atoms with Gasteiger partial charge in [-0.15, -0.1) is 6.58 Å². The van der Waals surface area contributed by atoms with Crippen LogP contribution in [0.3, 0.4) is 0 Å². The molecule has 0 amide bonds. The first-order valence-corrected chi connectivity index (χ1v) is 5.28. The van der Waals surface area contributed by atoms with Crippen molar-refractivity contribution in [2.45, 2.75) is 6.92 Å². The molecule has 0 aliphatic carbocycles. The minimum atomic E-state index is -0.997. The largest absolute Gasteiger partial charge is 0.480 e. The minimum Gasteiger partial charge on any atom is -0.480 e. The van der Waals surface area contributed by atoms with Gasteiger partial charge in [-0.2, -0.15) is 0 Å². The van der Waals surface area contributed by atoms with E-state index in [4.69, 9.17) is 5.11 Å². The second-order valence-electron chi connectivity index (χ2n) is 3.79. The first-order chi connectivity index (χ1) is 8.45. The molecule has 0 radical (unpaired) electrons. The highest BCUT2D eigenvalue weighted by atomic mass is 16.6. The number of benzene rings is 1. The van der Waals surface area contributed by atoms with Gasteiger partial charge in [0.2, 0.25) is 0 Å². The zero-order valence-corrected chi connectivity index (χ0v) is 10.00. The maximum absolute atomic E-state index is 10.8. The minimum absolute atomic E-state index is 0.0601. The van der Waals surface area contributed by atoms with E-state index in [1.54, 1.807) is 19.1 Å². The molecule has 6 heteroatoms. The van der Waals surface area contributed by atoms with Crippen molar-refractivity contribution in [1.29, 1.82) is 0 Å². The van der Waals surface area contributed by atoms with E-state index in [2.05, 4.69) is 6.58 Å². The average molecular weight is 250 g/mol. The van der Waals surface area contributed by atoms with Crippen molar-refractivity contribution in [2.24, 2.45) is 0 Å². The van der Waals surface area contributed by atoms with Crippen molar-refractivity contribution in [2.75, 3.05) is 18.0 Å². The number of nitro benzene ring substituents is 1. The molecule has 0 bridgehead atoms. The standard InChI is InChI=1S/C12H14N2O4/c1-3-6-13(8-12(15)16)11-7-10(14(17)18)5-4-9(11)2/h3-5,7H,1,6,8H2,2H3,(H,15,16). The van der Waals surface area contributed by atoms with Crippen LogP contribution in [-0.4, -0.2) is 29.1 Å². The molecule has 0 fully saturated rings. The first kappa shape index (κ1) is 13.7. The number of non-ortho nitro benzene ring substituents is 1. The Morgan fingerprint density at radius 3 is 2.78 bits per heavy atom. The van der Waals surface area contributed by atoms with Crippen LogP contribution in [0.2, 0.25) is 0 Å². The van der Waals surface area contributed by atoms with Gasteiger partial charge in [-0.1, -0.05) is 12.1 Å². The van der Waals surface area contributed by atoms with Gasteiger partial charge in [0.25, 0.3) is 5.69 Å². The molecule has 18 heavy (non-hydrogen) atoms. The summed E-state index contributed by atoms with van der Waals surface area (Å²) in [5.74, 6) is -0.997. The van der Waals surface area contributed by atoms with Gasteiger partial charge in [-0.3, -0.25) is 14.9 Å². The molecule has 0 unspecified atom stereocenters. The Hall–Kier alpha value is -2.37. The topological polar surface area (TPSA) is 83.7 Å². The summed E-state index contributed by atoms with van der Waals surface area (Å²) < 4.78 is 0. The smallest absolute Gasteiger partial charge is 0.323 e. The molecule has 0 heterocycles. The Kier molecular flexibility index (Phi) is 4.42. The monoisotopic (exact) mass is 250 g/mol. The molecule has 0 saturated carbocycles. The molecular formula is C12H14N2O4. The molecular weight excluding hydrogens is 236 g/mol. The number of aliphatic carboxylic acids is 1. The Bertz CT molecular complexity index is 485. The highest BCUT2D eigenvalue weighted by Gasteiger charge is 2.15. The fourth-order valence-corrected chi connectivity index (χ4v) is 1.62. The third-order valence-electron chi connectivity index (χ3n) is 2.42. The summed E-state index contributed by atoms with van der Waals surface area (Å²) in [6, 6.07) is 4.37. The number of anilines is 1. The van der Waals surface area contributed by atoms with E-state index in [1.807, 2.05) is 0 Å². The van der Waals surface area contributed by atoms with Gasteiger partial charge in [0, 0.05) is 24.4 Å². The van der Waals surface area contributed by atoms with Crippen LogP contribution in [0.1, 0.15) is 5.56 Å². The van der Waals surface area contributed by atoms with Crippen LogP contribution in [0, 0.1) is 17.0 Å². The number of nitrogens with zero attached hydrogens (tertiary/aromatic N) is 2. The summed E-state index contributed by atoms with van der Waals surface area (Å²) in [6.07, 6.45) is 1.56. The highest BCUT2D eigenvalue weighted by Crippen LogP contribution is 2.25. The molecule has 6 nitrogen and oxygen atoms in total. The number of nitro groups is 1. The summed E-state index contributed by atoms with van der Waals surface area (Å²) in [4.78, 5) is 22.5. The normalized spacial score (nSPS) is 9.83. The molecule has 0 aliphatic heterocycles. The summed E-state index contributed by atoms with van der Waals surface area (Å²) in [7, 11) is 0. The lowest BCUT2D eigenvalue weighted by molar-refractivity contribution is -0.384. The van der Waals surface area contributed by atoms with Crippen molar-refractivity contribution in [1.82, 2.24) is 0 Å². The Labute approximate surface area is 104 Å². The zero-order valence-electron chi connectivity index (χ0n) is 10.00. The molecule has 0 saturated heterocycles. The van der Waals surface area contributed by atoms with Crippen molar-refractivity contribution < 1.29 is 14.8 Å². The number of hydrogen-bond acceptors (Lipinski definition) is 4. The lowest BCUT2D eigenvalue weighted by atomic mass is 10.1. The van der Waals surface area contributed by atoms with E-state index >= 15 is 0 Å². The van der Waals surface area contributed by atoms with Crippen LogP contribution in [0.15, 0.2) is 30.9 Å². The Balaban J connectivity index is 3.16.